The normalized spacial score (nSPS) is 10.5. The number of phenolic OH excluding ortho intramolecular Hbond substituents is 1. The van der Waals surface area contributed by atoms with Crippen molar-refractivity contribution in [3.05, 3.63) is 65.9 Å². The van der Waals surface area contributed by atoms with Crippen molar-refractivity contribution in [1.29, 1.82) is 0 Å². The highest BCUT2D eigenvalue weighted by molar-refractivity contribution is 6.12. The Labute approximate surface area is 122 Å². The highest BCUT2D eigenvalue weighted by atomic mass is 16.3. The summed E-state index contributed by atoms with van der Waals surface area (Å²) in [4.78, 5) is 16.9. The Kier molecular flexibility index (Phi) is 3.28. The number of phenols is 1. The van der Waals surface area contributed by atoms with Crippen LogP contribution in [0.25, 0.3) is 10.9 Å². The molecule has 0 saturated heterocycles. The van der Waals surface area contributed by atoms with Gasteiger partial charge in [-0.05, 0) is 31.2 Å². The smallest absolute Gasteiger partial charge is 0.256 e. The molecule has 104 valence electrons. The fourth-order valence-electron chi connectivity index (χ4n) is 2.26. The number of carbonyl (C=O) groups excluding carboxylic acids is 1. The molecular weight excluding hydrogens is 264 g/mol. The first-order valence-electron chi connectivity index (χ1n) is 6.61. The number of hydrogen-bond acceptors (Lipinski definition) is 3. The predicted molar refractivity (Wildman–Crippen MR) is 82.5 cm³/mol. The topological polar surface area (TPSA) is 62.2 Å². The number of rotatable bonds is 2. The first kappa shape index (κ1) is 13.1. The summed E-state index contributed by atoms with van der Waals surface area (Å²) in [6, 6.07) is 15.9. The van der Waals surface area contributed by atoms with Gasteiger partial charge in [-0.1, -0.05) is 30.3 Å². The fraction of sp³-hybridized carbons (Fsp3) is 0.0588. The maximum atomic E-state index is 12.5. The number of carbonyl (C=O) groups is 1. The maximum absolute atomic E-state index is 12.5. The lowest BCUT2D eigenvalue weighted by molar-refractivity contribution is 0.102. The average Bonchev–Trinajstić information content (AvgIpc) is 2.48. The molecule has 4 nitrogen and oxygen atoms in total. The third-order valence-corrected chi connectivity index (χ3v) is 3.24. The molecule has 0 radical (unpaired) electrons. The monoisotopic (exact) mass is 278 g/mol. The first-order chi connectivity index (χ1) is 10.1. The van der Waals surface area contributed by atoms with E-state index in [1.165, 1.54) is 6.07 Å². The van der Waals surface area contributed by atoms with Gasteiger partial charge >= 0.3 is 0 Å². The minimum atomic E-state index is -0.266. The Morgan fingerprint density at radius 3 is 2.62 bits per heavy atom. The molecule has 4 heteroatoms. The number of pyridine rings is 1. The van der Waals surface area contributed by atoms with Crippen LogP contribution in [0.5, 0.6) is 5.75 Å². The zero-order valence-electron chi connectivity index (χ0n) is 11.5. The molecule has 0 unspecified atom stereocenters. The molecule has 1 amide bonds. The number of amides is 1. The van der Waals surface area contributed by atoms with Crippen LogP contribution in [0.4, 0.5) is 5.69 Å². The number of aromatic nitrogens is 1. The van der Waals surface area contributed by atoms with Gasteiger partial charge in [-0.25, -0.2) is 0 Å². The van der Waals surface area contributed by atoms with Crippen LogP contribution in [0.1, 0.15) is 16.1 Å². The van der Waals surface area contributed by atoms with Crippen LogP contribution < -0.4 is 5.32 Å². The van der Waals surface area contributed by atoms with Crippen molar-refractivity contribution in [3.63, 3.8) is 0 Å². The van der Waals surface area contributed by atoms with Crippen molar-refractivity contribution in [2.75, 3.05) is 5.32 Å². The molecule has 0 spiro atoms. The van der Waals surface area contributed by atoms with Gasteiger partial charge in [0.05, 0.1) is 16.8 Å². The molecule has 0 aliphatic rings. The van der Waals surface area contributed by atoms with Crippen LogP contribution in [-0.4, -0.2) is 16.0 Å². The van der Waals surface area contributed by atoms with Crippen molar-refractivity contribution in [3.8, 4) is 5.75 Å². The number of aryl methyl sites for hydroxylation is 1. The highest BCUT2D eigenvalue weighted by Gasteiger charge is 2.13. The van der Waals surface area contributed by atoms with Crippen molar-refractivity contribution in [2.45, 2.75) is 6.92 Å². The van der Waals surface area contributed by atoms with E-state index in [9.17, 15) is 9.90 Å². The second-order valence-corrected chi connectivity index (χ2v) is 4.80. The summed E-state index contributed by atoms with van der Waals surface area (Å²) >= 11 is 0. The molecule has 0 bridgehead atoms. The lowest BCUT2D eigenvalue weighted by atomic mass is 10.1. The average molecular weight is 278 g/mol. The Morgan fingerprint density at radius 1 is 1.10 bits per heavy atom. The Morgan fingerprint density at radius 2 is 1.81 bits per heavy atom. The number of anilines is 1. The highest BCUT2D eigenvalue weighted by Crippen LogP contribution is 2.24. The lowest BCUT2D eigenvalue weighted by Gasteiger charge is -2.10. The van der Waals surface area contributed by atoms with Crippen LogP contribution in [0, 0.1) is 6.92 Å². The minimum absolute atomic E-state index is 0.0425. The molecule has 2 aromatic carbocycles. The van der Waals surface area contributed by atoms with Gasteiger partial charge in [0.15, 0.2) is 0 Å². The molecule has 0 fully saturated rings. The molecular formula is C17H14N2O2. The third-order valence-electron chi connectivity index (χ3n) is 3.24. The second kappa shape index (κ2) is 5.25. The number of para-hydroxylation sites is 3. The molecule has 3 aromatic rings. The van der Waals surface area contributed by atoms with Crippen LogP contribution in [-0.2, 0) is 0 Å². The van der Waals surface area contributed by atoms with Gasteiger partial charge in [0.25, 0.3) is 5.91 Å². The molecule has 1 heterocycles. The van der Waals surface area contributed by atoms with Gasteiger partial charge in [0.2, 0.25) is 0 Å². The molecule has 0 atom stereocenters. The Bertz CT molecular complexity index is 828. The van der Waals surface area contributed by atoms with E-state index >= 15 is 0 Å². The number of fused-ring (bicyclic) bond motifs is 1. The largest absolute Gasteiger partial charge is 0.506 e. The molecule has 0 aliphatic carbocycles. The second-order valence-electron chi connectivity index (χ2n) is 4.80. The third kappa shape index (κ3) is 2.56. The molecule has 0 saturated carbocycles. The quantitative estimate of drug-likeness (QED) is 0.705. The fourth-order valence-corrected chi connectivity index (χ4v) is 2.26. The van der Waals surface area contributed by atoms with E-state index in [-0.39, 0.29) is 11.7 Å². The van der Waals surface area contributed by atoms with E-state index in [2.05, 4.69) is 10.3 Å². The van der Waals surface area contributed by atoms with E-state index in [1.807, 2.05) is 31.2 Å². The van der Waals surface area contributed by atoms with Crippen molar-refractivity contribution >= 4 is 22.5 Å². The number of aromatic hydroxyl groups is 1. The van der Waals surface area contributed by atoms with Crippen molar-refractivity contribution in [2.24, 2.45) is 0 Å². The van der Waals surface area contributed by atoms with Gasteiger partial charge in [-0.2, -0.15) is 0 Å². The summed E-state index contributed by atoms with van der Waals surface area (Å²) in [7, 11) is 0. The summed E-state index contributed by atoms with van der Waals surface area (Å²) < 4.78 is 0. The summed E-state index contributed by atoms with van der Waals surface area (Å²) in [5, 5.41) is 13.3. The molecule has 21 heavy (non-hydrogen) atoms. The van der Waals surface area contributed by atoms with E-state index in [0.29, 0.717) is 11.3 Å². The van der Waals surface area contributed by atoms with Crippen LogP contribution in [0.15, 0.2) is 54.6 Å². The van der Waals surface area contributed by atoms with E-state index in [0.717, 1.165) is 16.6 Å². The van der Waals surface area contributed by atoms with Gasteiger partial charge in [-0.3, -0.25) is 9.78 Å². The van der Waals surface area contributed by atoms with Crippen molar-refractivity contribution in [1.82, 2.24) is 4.98 Å². The summed E-state index contributed by atoms with van der Waals surface area (Å²) in [6.07, 6.45) is 0. The number of benzene rings is 2. The van der Waals surface area contributed by atoms with Crippen LogP contribution >= 0.6 is 0 Å². The Balaban J connectivity index is 2.04. The van der Waals surface area contributed by atoms with E-state index in [4.69, 9.17) is 0 Å². The minimum Gasteiger partial charge on any atom is -0.506 e. The summed E-state index contributed by atoms with van der Waals surface area (Å²) in [5.74, 6) is -0.223. The molecule has 0 aliphatic heterocycles. The van der Waals surface area contributed by atoms with Gasteiger partial charge in [-0.15, -0.1) is 0 Å². The van der Waals surface area contributed by atoms with Gasteiger partial charge in [0, 0.05) is 11.1 Å². The molecule has 3 rings (SSSR count). The molecule has 1 aromatic heterocycles. The zero-order chi connectivity index (χ0) is 14.8. The predicted octanol–water partition coefficient (Wildman–Crippen LogP) is 3.50. The van der Waals surface area contributed by atoms with Crippen LogP contribution in [0.3, 0.4) is 0 Å². The number of nitrogens with one attached hydrogen (secondary N) is 1. The van der Waals surface area contributed by atoms with Crippen LogP contribution in [0.2, 0.25) is 0 Å². The Hall–Kier alpha value is -2.88. The number of hydrogen-bond donors (Lipinski definition) is 2. The van der Waals surface area contributed by atoms with Gasteiger partial charge in [0.1, 0.15) is 5.75 Å². The lowest BCUT2D eigenvalue weighted by Crippen LogP contribution is -2.13. The SMILES string of the molecule is Cc1cc(C(=O)Nc2ccccc2O)c2ccccc2n1. The molecule has 2 N–H and O–H groups in total. The van der Waals surface area contributed by atoms with Gasteiger partial charge < -0.3 is 10.4 Å². The number of nitrogens with zero attached hydrogens (tertiary/aromatic N) is 1. The maximum Gasteiger partial charge on any atom is 0.256 e. The standard InChI is InChI=1S/C17H14N2O2/c1-11-10-13(12-6-2-3-7-14(12)18-11)17(21)19-15-8-4-5-9-16(15)20/h2-10,20H,1H3,(H,19,21). The van der Waals surface area contributed by atoms with E-state index < -0.39 is 0 Å². The van der Waals surface area contributed by atoms with E-state index in [1.54, 1.807) is 24.3 Å². The first-order valence-corrected chi connectivity index (χ1v) is 6.61. The summed E-state index contributed by atoms with van der Waals surface area (Å²) in [6.45, 7) is 1.85. The van der Waals surface area contributed by atoms with Crippen molar-refractivity contribution < 1.29 is 9.90 Å². The summed E-state index contributed by atoms with van der Waals surface area (Å²) in [5.41, 5.74) is 2.48. The zero-order valence-corrected chi connectivity index (χ0v) is 11.5.